The molecule has 2 amide bonds. The largest absolute Gasteiger partial charge is 0.497 e. The van der Waals surface area contributed by atoms with Gasteiger partial charge in [0.05, 0.1) is 19.1 Å². The van der Waals surface area contributed by atoms with E-state index in [1.807, 2.05) is 31.2 Å². The van der Waals surface area contributed by atoms with Crippen LogP contribution in [0.2, 0.25) is 0 Å². The average molecular weight is 659 g/mol. The van der Waals surface area contributed by atoms with Gasteiger partial charge in [0.15, 0.2) is 0 Å². The fourth-order valence-corrected chi connectivity index (χ4v) is 4.94. The van der Waals surface area contributed by atoms with Crippen molar-refractivity contribution in [3.8, 4) is 28.6 Å². The zero-order valence-electron chi connectivity index (χ0n) is 25.7. The van der Waals surface area contributed by atoms with Gasteiger partial charge in [-0.3, -0.25) is 14.4 Å². The number of carboxylic acid groups (broad SMARTS) is 1. The minimum atomic E-state index is -4.68. The van der Waals surface area contributed by atoms with E-state index < -0.39 is 42.5 Å². The van der Waals surface area contributed by atoms with E-state index in [0.29, 0.717) is 22.8 Å². The summed E-state index contributed by atoms with van der Waals surface area (Å²) in [4.78, 5) is 43.1. The molecule has 1 aromatic heterocycles. The number of hydrogen-bond acceptors (Lipinski definition) is 7. The van der Waals surface area contributed by atoms with E-state index in [4.69, 9.17) is 9.26 Å². The van der Waals surface area contributed by atoms with Gasteiger partial charge in [0.1, 0.15) is 12.3 Å². The third-order valence-corrected chi connectivity index (χ3v) is 7.28. The molecule has 0 saturated carbocycles. The van der Waals surface area contributed by atoms with Crippen LogP contribution in [0.4, 0.5) is 18.9 Å². The number of carbonyl (C=O) groups is 3. The quantitative estimate of drug-likeness (QED) is 0.161. The third-order valence-electron chi connectivity index (χ3n) is 7.28. The predicted molar refractivity (Wildman–Crippen MR) is 169 cm³/mol. The number of carbonyl (C=O) groups excluding carboxylic acids is 2. The summed E-state index contributed by atoms with van der Waals surface area (Å²) in [6.45, 7) is 1.36. The molecule has 0 saturated heterocycles. The molecule has 0 aliphatic rings. The van der Waals surface area contributed by atoms with Crippen molar-refractivity contribution in [3.05, 3.63) is 119 Å². The summed E-state index contributed by atoms with van der Waals surface area (Å²) < 4.78 is 50.9. The lowest BCUT2D eigenvalue weighted by Crippen LogP contribution is -2.35. The van der Waals surface area contributed by atoms with E-state index in [2.05, 4.69) is 15.5 Å². The standard InChI is InChI=1S/C35H29F3N4O6/c1-21-4-3-5-26(16-21)32-40-33(48-41-32)23-8-6-22(7-9-23)19-42(20-31(44)45)34(46)24-10-13-27(14-11-24)39-30(43)17-25-12-15-28(47-2)18-29(25)35(36,37)38/h3-16,18H,17,19-20H2,1-2H3,(H,39,43)(H,44,45). The molecule has 10 nitrogen and oxygen atoms in total. The number of hydrogen-bond donors (Lipinski definition) is 2. The van der Waals surface area contributed by atoms with E-state index in [9.17, 15) is 32.7 Å². The maximum Gasteiger partial charge on any atom is 0.416 e. The molecule has 5 rings (SSSR count). The Morgan fingerprint density at radius 2 is 1.67 bits per heavy atom. The Hall–Kier alpha value is -5.98. The number of alkyl halides is 3. The van der Waals surface area contributed by atoms with Gasteiger partial charge in [-0.25, -0.2) is 0 Å². The maximum absolute atomic E-state index is 13.5. The second-order valence-corrected chi connectivity index (χ2v) is 10.9. The van der Waals surface area contributed by atoms with Gasteiger partial charge in [-0.1, -0.05) is 47.1 Å². The lowest BCUT2D eigenvalue weighted by atomic mass is 10.0. The Balaban J connectivity index is 1.24. The van der Waals surface area contributed by atoms with Gasteiger partial charge in [-0.05, 0) is 72.6 Å². The van der Waals surface area contributed by atoms with Crippen molar-refractivity contribution >= 4 is 23.5 Å². The van der Waals surface area contributed by atoms with Crippen molar-refractivity contribution < 1.29 is 41.9 Å². The van der Waals surface area contributed by atoms with Crippen molar-refractivity contribution in [1.82, 2.24) is 15.0 Å². The molecule has 0 unspecified atom stereocenters. The summed E-state index contributed by atoms with van der Waals surface area (Å²) in [6.07, 6.45) is -5.23. The minimum absolute atomic E-state index is 0.0112. The van der Waals surface area contributed by atoms with E-state index in [-0.39, 0.29) is 29.1 Å². The van der Waals surface area contributed by atoms with Crippen LogP contribution in [0.1, 0.15) is 32.6 Å². The Labute approximate surface area is 272 Å². The van der Waals surface area contributed by atoms with Crippen LogP contribution in [0, 0.1) is 6.92 Å². The van der Waals surface area contributed by atoms with Crippen molar-refractivity contribution in [1.29, 1.82) is 0 Å². The van der Waals surface area contributed by atoms with Crippen LogP contribution in [-0.4, -0.2) is 51.6 Å². The summed E-state index contributed by atoms with van der Waals surface area (Å²) in [5, 5.41) is 16.1. The Morgan fingerprint density at radius 3 is 2.31 bits per heavy atom. The van der Waals surface area contributed by atoms with Crippen LogP contribution in [0.3, 0.4) is 0 Å². The van der Waals surface area contributed by atoms with Gasteiger partial charge in [0, 0.05) is 28.9 Å². The van der Waals surface area contributed by atoms with Gasteiger partial charge in [0.2, 0.25) is 11.7 Å². The second-order valence-electron chi connectivity index (χ2n) is 10.9. The van der Waals surface area contributed by atoms with E-state index in [1.165, 1.54) is 43.5 Å². The zero-order chi connectivity index (χ0) is 34.4. The number of anilines is 1. The summed E-state index contributed by atoms with van der Waals surface area (Å²) in [7, 11) is 1.25. The molecule has 0 atom stereocenters. The van der Waals surface area contributed by atoms with E-state index in [1.54, 1.807) is 24.3 Å². The Bertz CT molecular complexity index is 1940. The zero-order valence-corrected chi connectivity index (χ0v) is 25.7. The Morgan fingerprint density at radius 1 is 0.938 bits per heavy atom. The average Bonchev–Trinajstić information content (AvgIpc) is 3.55. The first-order valence-corrected chi connectivity index (χ1v) is 14.5. The van der Waals surface area contributed by atoms with Crippen LogP contribution in [0.5, 0.6) is 5.75 Å². The monoisotopic (exact) mass is 658 g/mol. The first kappa shape index (κ1) is 33.4. The van der Waals surface area contributed by atoms with Crippen LogP contribution in [-0.2, 0) is 28.7 Å². The molecule has 1 heterocycles. The number of aliphatic carboxylic acids is 1. The molecule has 0 aliphatic carbocycles. The number of amides is 2. The van der Waals surface area contributed by atoms with Gasteiger partial charge in [0.25, 0.3) is 11.8 Å². The molecule has 5 aromatic rings. The number of nitrogens with one attached hydrogen (secondary N) is 1. The number of rotatable bonds is 11. The number of methoxy groups -OCH3 is 1. The highest BCUT2D eigenvalue weighted by Gasteiger charge is 2.34. The lowest BCUT2D eigenvalue weighted by Gasteiger charge is -2.21. The molecular weight excluding hydrogens is 629 g/mol. The molecule has 0 radical (unpaired) electrons. The fourth-order valence-electron chi connectivity index (χ4n) is 4.94. The van der Waals surface area contributed by atoms with Crippen LogP contribution in [0.25, 0.3) is 22.8 Å². The third kappa shape index (κ3) is 8.23. The number of nitrogens with zero attached hydrogens (tertiary/aromatic N) is 3. The highest BCUT2D eigenvalue weighted by atomic mass is 19.4. The van der Waals surface area contributed by atoms with Crippen molar-refractivity contribution in [2.24, 2.45) is 0 Å². The summed E-state index contributed by atoms with van der Waals surface area (Å²) in [5.41, 5.74) is 2.33. The molecule has 13 heteroatoms. The van der Waals surface area contributed by atoms with Gasteiger partial charge >= 0.3 is 12.1 Å². The number of aryl methyl sites for hydroxylation is 1. The molecule has 48 heavy (non-hydrogen) atoms. The smallest absolute Gasteiger partial charge is 0.416 e. The lowest BCUT2D eigenvalue weighted by molar-refractivity contribution is -0.139. The Kier molecular flexibility index (Phi) is 9.88. The van der Waals surface area contributed by atoms with Gasteiger partial charge in [-0.15, -0.1) is 0 Å². The molecule has 2 N–H and O–H groups in total. The summed E-state index contributed by atoms with van der Waals surface area (Å²) in [5.74, 6) is -1.74. The highest BCUT2D eigenvalue weighted by molar-refractivity contribution is 5.97. The molecule has 4 aromatic carbocycles. The molecule has 246 valence electrons. The molecular formula is C35H29F3N4O6. The normalized spacial score (nSPS) is 11.2. The SMILES string of the molecule is COc1ccc(CC(=O)Nc2ccc(C(=O)N(CC(=O)O)Cc3ccc(-c4nc(-c5cccc(C)c5)no4)cc3)cc2)c(C(F)(F)F)c1. The minimum Gasteiger partial charge on any atom is -0.497 e. The topological polar surface area (TPSA) is 135 Å². The number of halogens is 3. The highest BCUT2D eigenvalue weighted by Crippen LogP contribution is 2.35. The van der Waals surface area contributed by atoms with E-state index in [0.717, 1.165) is 22.1 Å². The van der Waals surface area contributed by atoms with E-state index >= 15 is 0 Å². The number of aromatic nitrogens is 2. The second kappa shape index (κ2) is 14.2. The summed E-state index contributed by atoms with van der Waals surface area (Å²) >= 11 is 0. The van der Waals surface area contributed by atoms with Crippen molar-refractivity contribution in [3.63, 3.8) is 0 Å². The van der Waals surface area contributed by atoms with Crippen molar-refractivity contribution in [2.45, 2.75) is 26.1 Å². The number of ether oxygens (including phenoxy) is 1. The van der Waals surface area contributed by atoms with Crippen LogP contribution < -0.4 is 10.1 Å². The van der Waals surface area contributed by atoms with Crippen LogP contribution >= 0.6 is 0 Å². The first-order valence-electron chi connectivity index (χ1n) is 14.5. The number of benzene rings is 4. The molecule has 0 aliphatic heterocycles. The molecule has 0 spiro atoms. The van der Waals surface area contributed by atoms with Gasteiger partial charge in [-0.2, -0.15) is 18.2 Å². The van der Waals surface area contributed by atoms with Crippen LogP contribution in [0.15, 0.2) is 95.5 Å². The van der Waals surface area contributed by atoms with Crippen molar-refractivity contribution in [2.75, 3.05) is 19.0 Å². The van der Waals surface area contributed by atoms with Gasteiger partial charge < -0.3 is 24.6 Å². The first-order chi connectivity index (χ1) is 22.9. The predicted octanol–water partition coefficient (Wildman–Crippen LogP) is 6.65. The maximum atomic E-state index is 13.5. The summed E-state index contributed by atoms with van der Waals surface area (Å²) in [6, 6.07) is 23.5. The molecule has 0 bridgehead atoms. The fraction of sp³-hybridized carbons (Fsp3) is 0.171. The number of carboxylic acids is 1. The molecule has 0 fully saturated rings.